The maximum Gasteiger partial charge on any atom is 0.333 e. The number of rotatable bonds is 4. The van der Waals surface area contributed by atoms with Gasteiger partial charge in [0, 0.05) is 25.0 Å². The predicted octanol–water partition coefficient (Wildman–Crippen LogP) is 1.43. The smallest absolute Gasteiger partial charge is 0.333 e. The van der Waals surface area contributed by atoms with E-state index in [0.29, 0.717) is 24.8 Å². The van der Waals surface area contributed by atoms with Gasteiger partial charge in [0.1, 0.15) is 0 Å². The summed E-state index contributed by atoms with van der Waals surface area (Å²) < 4.78 is 4.63. The summed E-state index contributed by atoms with van der Waals surface area (Å²) in [5.74, 6) is -0.727. The summed E-state index contributed by atoms with van der Waals surface area (Å²) in [4.78, 5) is 36.0. The number of likely N-dealkylation sites (tertiary alicyclic amines) is 1. The number of carbonyl (C=O) groups excluding carboxylic acids is 3. The molecule has 0 aliphatic carbocycles. The van der Waals surface area contributed by atoms with Crippen LogP contribution in [0.15, 0.2) is 11.6 Å². The molecule has 1 rings (SSSR count). The molecular formula is C13H19NO4. The van der Waals surface area contributed by atoms with Crippen LogP contribution in [0.2, 0.25) is 0 Å². The van der Waals surface area contributed by atoms with Crippen molar-refractivity contribution in [2.24, 2.45) is 0 Å². The Morgan fingerprint density at radius 2 is 1.83 bits per heavy atom. The van der Waals surface area contributed by atoms with Crippen molar-refractivity contribution in [1.29, 1.82) is 0 Å². The highest BCUT2D eigenvalue weighted by Crippen LogP contribution is 2.13. The third-order valence-corrected chi connectivity index (χ3v) is 2.98. The standard InChI is InChI=1S/C13H19NO4/c1-3-10(13(17)18-2)8-9-14-11(15)6-4-5-7-12(14)16/h8H,3-7,9H2,1-2H3. The number of esters is 1. The summed E-state index contributed by atoms with van der Waals surface area (Å²) in [6.45, 7) is 1.99. The topological polar surface area (TPSA) is 63.7 Å². The molecule has 0 unspecified atom stereocenters. The van der Waals surface area contributed by atoms with E-state index in [0.717, 1.165) is 12.8 Å². The molecule has 0 aromatic rings. The fraction of sp³-hybridized carbons (Fsp3) is 0.615. The molecule has 18 heavy (non-hydrogen) atoms. The third kappa shape index (κ3) is 3.68. The summed E-state index contributed by atoms with van der Waals surface area (Å²) in [5, 5.41) is 0. The van der Waals surface area contributed by atoms with E-state index in [-0.39, 0.29) is 18.4 Å². The lowest BCUT2D eigenvalue weighted by atomic mass is 10.2. The van der Waals surface area contributed by atoms with E-state index in [9.17, 15) is 14.4 Å². The lowest BCUT2D eigenvalue weighted by Gasteiger charge is -2.17. The van der Waals surface area contributed by atoms with Crippen LogP contribution in [0.25, 0.3) is 0 Å². The van der Waals surface area contributed by atoms with E-state index in [1.165, 1.54) is 12.0 Å². The third-order valence-electron chi connectivity index (χ3n) is 2.98. The number of methoxy groups -OCH3 is 1. The van der Waals surface area contributed by atoms with Crippen molar-refractivity contribution >= 4 is 17.8 Å². The fourth-order valence-corrected chi connectivity index (χ4v) is 1.87. The Hall–Kier alpha value is -1.65. The second-order valence-electron chi connectivity index (χ2n) is 4.18. The molecule has 2 amide bonds. The maximum absolute atomic E-state index is 11.7. The van der Waals surface area contributed by atoms with Gasteiger partial charge in [0.2, 0.25) is 11.8 Å². The number of hydrogen-bond donors (Lipinski definition) is 0. The molecule has 5 heteroatoms. The van der Waals surface area contributed by atoms with Gasteiger partial charge >= 0.3 is 5.97 Å². The normalized spacial score (nSPS) is 17.7. The molecule has 1 saturated heterocycles. The van der Waals surface area contributed by atoms with Gasteiger partial charge in [-0.1, -0.05) is 13.0 Å². The average molecular weight is 253 g/mol. The molecule has 0 aromatic carbocycles. The first-order valence-corrected chi connectivity index (χ1v) is 6.20. The molecule has 1 fully saturated rings. The highest BCUT2D eigenvalue weighted by molar-refractivity contribution is 5.96. The predicted molar refractivity (Wildman–Crippen MR) is 65.6 cm³/mol. The molecule has 1 aliphatic heterocycles. The number of carbonyl (C=O) groups is 3. The second kappa shape index (κ2) is 6.93. The average Bonchev–Trinajstić information content (AvgIpc) is 2.52. The Labute approximate surface area is 107 Å². The van der Waals surface area contributed by atoms with Crippen LogP contribution in [0.4, 0.5) is 0 Å². The molecule has 0 aromatic heterocycles. The van der Waals surface area contributed by atoms with Gasteiger partial charge in [-0.15, -0.1) is 0 Å². The van der Waals surface area contributed by atoms with Gasteiger partial charge < -0.3 is 4.74 Å². The summed E-state index contributed by atoms with van der Waals surface area (Å²) in [6, 6.07) is 0. The molecule has 100 valence electrons. The van der Waals surface area contributed by atoms with Crippen LogP contribution in [0.5, 0.6) is 0 Å². The van der Waals surface area contributed by atoms with Crippen molar-refractivity contribution in [3.05, 3.63) is 11.6 Å². The van der Waals surface area contributed by atoms with Gasteiger partial charge in [-0.2, -0.15) is 0 Å². The van der Waals surface area contributed by atoms with Gasteiger partial charge in [-0.3, -0.25) is 14.5 Å². The van der Waals surface area contributed by atoms with E-state index < -0.39 is 5.97 Å². The SMILES string of the molecule is CCC(=CCN1C(=O)CCCCC1=O)C(=O)OC. The fourth-order valence-electron chi connectivity index (χ4n) is 1.87. The molecule has 1 heterocycles. The van der Waals surface area contributed by atoms with Gasteiger partial charge in [-0.05, 0) is 19.3 Å². The number of amides is 2. The molecule has 0 spiro atoms. The zero-order valence-corrected chi connectivity index (χ0v) is 10.9. The van der Waals surface area contributed by atoms with Crippen molar-refractivity contribution in [3.8, 4) is 0 Å². The molecule has 0 saturated carbocycles. The van der Waals surface area contributed by atoms with Gasteiger partial charge in [-0.25, -0.2) is 4.79 Å². The van der Waals surface area contributed by atoms with Crippen LogP contribution >= 0.6 is 0 Å². The molecule has 0 N–H and O–H groups in total. The molecule has 5 nitrogen and oxygen atoms in total. The Balaban J connectivity index is 2.74. The number of imide groups is 1. The quantitative estimate of drug-likeness (QED) is 0.432. The summed E-state index contributed by atoms with van der Waals surface area (Å²) >= 11 is 0. The highest BCUT2D eigenvalue weighted by atomic mass is 16.5. The van der Waals surface area contributed by atoms with Crippen molar-refractivity contribution < 1.29 is 19.1 Å². The lowest BCUT2D eigenvalue weighted by molar-refractivity contribution is -0.143. The Morgan fingerprint density at radius 1 is 1.28 bits per heavy atom. The first kappa shape index (κ1) is 14.4. The lowest BCUT2D eigenvalue weighted by Crippen LogP contribution is -2.35. The maximum atomic E-state index is 11.7. The Morgan fingerprint density at radius 3 is 2.28 bits per heavy atom. The van der Waals surface area contributed by atoms with E-state index in [2.05, 4.69) is 4.74 Å². The molecule has 0 radical (unpaired) electrons. The molecule has 0 atom stereocenters. The Kier molecular flexibility index (Phi) is 5.55. The monoisotopic (exact) mass is 253 g/mol. The summed E-state index contributed by atoms with van der Waals surface area (Å²) in [7, 11) is 1.31. The summed E-state index contributed by atoms with van der Waals surface area (Å²) in [6.07, 6.45) is 4.43. The highest BCUT2D eigenvalue weighted by Gasteiger charge is 2.23. The van der Waals surface area contributed by atoms with E-state index >= 15 is 0 Å². The van der Waals surface area contributed by atoms with Crippen molar-refractivity contribution in [2.45, 2.75) is 39.0 Å². The van der Waals surface area contributed by atoms with Crippen LogP contribution in [-0.4, -0.2) is 36.3 Å². The van der Waals surface area contributed by atoms with Gasteiger partial charge in [0.05, 0.1) is 7.11 Å². The van der Waals surface area contributed by atoms with Crippen molar-refractivity contribution in [1.82, 2.24) is 4.90 Å². The van der Waals surface area contributed by atoms with Gasteiger partial charge in [0.15, 0.2) is 0 Å². The Bertz CT molecular complexity index is 355. The van der Waals surface area contributed by atoms with E-state index in [1.807, 2.05) is 6.92 Å². The minimum absolute atomic E-state index is 0.158. The number of ether oxygens (including phenoxy) is 1. The van der Waals surface area contributed by atoms with Crippen LogP contribution in [-0.2, 0) is 19.1 Å². The zero-order chi connectivity index (χ0) is 13.5. The minimum atomic E-state index is -0.410. The molecular weight excluding hydrogens is 234 g/mol. The first-order chi connectivity index (χ1) is 8.60. The van der Waals surface area contributed by atoms with E-state index in [1.54, 1.807) is 6.08 Å². The van der Waals surface area contributed by atoms with Crippen molar-refractivity contribution in [3.63, 3.8) is 0 Å². The molecule has 0 bridgehead atoms. The van der Waals surface area contributed by atoms with E-state index in [4.69, 9.17) is 0 Å². The summed E-state index contributed by atoms with van der Waals surface area (Å²) in [5.41, 5.74) is 0.488. The largest absolute Gasteiger partial charge is 0.466 e. The van der Waals surface area contributed by atoms with Crippen LogP contribution in [0, 0.1) is 0 Å². The minimum Gasteiger partial charge on any atom is -0.466 e. The van der Waals surface area contributed by atoms with Crippen LogP contribution in [0.3, 0.4) is 0 Å². The first-order valence-electron chi connectivity index (χ1n) is 6.20. The van der Waals surface area contributed by atoms with Gasteiger partial charge in [0.25, 0.3) is 0 Å². The number of hydrogen-bond acceptors (Lipinski definition) is 4. The second-order valence-corrected chi connectivity index (χ2v) is 4.18. The van der Waals surface area contributed by atoms with Crippen LogP contribution in [0.1, 0.15) is 39.0 Å². The van der Waals surface area contributed by atoms with Crippen molar-refractivity contribution in [2.75, 3.05) is 13.7 Å². The number of nitrogens with zero attached hydrogens (tertiary/aromatic N) is 1. The zero-order valence-electron chi connectivity index (χ0n) is 10.9. The molecule has 1 aliphatic rings. The van der Waals surface area contributed by atoms with Crippen LogP contribution < -0.4 is 0 Å².